The van der Waals surface area contributed by atoms with Gasteiger partial charge in [0.15, 0.2) is 0 Å². The van der Waals surface area contributed by atoms with E-state index in [1.807, 2.05) is 0 Å². The minimum atomic E-state index is -0.889. The maximum absolute atomic E-state index is 10.4. The lowest BCUT2D eigenvalue weighted by atomic mass is 10.1. The van der Waals surface area contributed by atoms with Gasteiger partial charge in [-0.05, 0) is 6.42 Å². The fourth-order valence-corrected chi connectivity index (χ4v) is 1.74. The van der Waals surface area contributed by atoms with E-state index in [-0.39, 0.29) is 0 Å². The number of carbonyl (C=O) groups is 1. The summed E-state index contributed by atoms with van der Waals surface area (Å²) in [6.07, 6.45) is 10.4. The van der Waals surface area contributed by atoms with Gasteiger partial charge >= 0.3 is 5.97 Å². The molecule has 15 heavy (non-hydrogen) atoms. The first-order valence-electron chi connectivity index (χ1n) is 6.05. The van der Waals surface area contributed by atoms with Gasteiger partial charge in [0.25, 0.3) is 0 Å². The van der Waals surface area contributed by atoms with Crippen molar-refractivity contribution in [1.82, 2.24) is 0 Å². The number of halogens is 1. The Bertz CT molecular complexity index is 160. The number of carboxylic acid groups (broad SMARTS) is 1. The van der Waals surface area contributed by atoms with Crippen LogP contribution in [0.5, 0.6) is 0 Å². The summed E-state index contributed by atoms with van der Waals surface area (Å²) in [5.74, 6) is -0.889. The average molecular weight is 235 g/mol. The first kappa shape index (κ1) is 14.8. The second-order valence-corrected chi connectivity index (χ2v) is 4.60. The normalized spacial score (nSPS) is 12.7. The quantitative estimate of drug-likeness (QED) is 0.454. The number of hydrogen-bond acceptors (Lipinski definition) is 1. The molecule has 0 amide bonds. The molecule has 0 fully saturated rings. The van der Waals surface area contributed by atoms with Crippen LogP contribution >= 0.6 is 11.6 Å². The predicted octanol–water partition coefficient (Wildman–Crippen LogP) is 4.21. The van der Waals surface area contributed by atoms with Crippen LogP contribution in [0.25, 0.3) is 0 Å². The van der Waals surface area contributed by atoms with Gasteiger partial charge in [0.2, 0.25) is 0 Å². The summed E-state index contributed by atoms with van der Waals surface area (Å²) in [7, 11) is 0. The monoisotopic (exact) mass is 234 g/mol. The van der Waals surface area contributed by atoms with Gasteiger partial charge in [0.1, 0.15) is 5.38 Å². The number of alkyl halides is 1. The molecular weight excluding hydrogens is 212 g/mol. The number of aliphatic carboxylic acids is 1. The van der Waals surface area contributed by atoms with E-state index >= 15 is 0 Å². The molecule has 3 heteroatoms. The number of hydrogen-bond donors (Lipinski definition) is 1. The van der Waals surface area contributed by atoms with Crippen LogP contribution in [0, 0.1) is 0 Å². The molecule has 0 spiro atoms. The molecule has 0 heterocycles. The SMILES string of the molecule is CCCCCCCCCC[C@H](Cl)C(=O)O. The average Bonchev–Trinajstić information content (AvgIpc) is 2.21. The van der Waals surface area contributed by atoms with Crippen molar-refractivity contribution in [3.8, 4) is 0 Å². The Kier molecular flexibility index (Phi) is 10.1. The van der Waals surface area contributed by atoms with Crippen molar-refractivity contribution in [3.63, 3.8) is 0 Å². The van der Waals surface area contributed by atoms with Crippen molar-refractivity contribution >= 4 is 17.6 Å². The lowest BCUT2D eigenvalue weighted by Gasteiger charge is -2.03. The fourth-order valence-electron chi connectivity index (χ4n) is 1.58. The van der Waals surface area contributed by atoms with Gasteiger partial charge in [0.05, 0.1) is 0 Å². The first-order chi connectivity index (χ1) is 7.18. The van der Waals surface area contributed by atoms with E-state index in [1.165, 1.54) is 38.5 Å². The van der Waals surface area contributed by atoms with Crippen molar-refractivity contribution in [1.29, 1.82) is 0 Å². The van der Waals surface area contributed by atoms with Crippen molar-refractivity contribution in [3.05, 3.63) is 0 Å². The summed E-state index contributed by atoms with van der Waals surface area (Å²) in [6.45, 7) is 2.21. The smallest absolute Gasteiger partial charge is 0.321 e. The molecule has 0 aromatic carbocycles. The first-order valence-corrected chi connectivity index (χ1v) is 6.49. The van der Waals surface area contributed by atoms with Crippen LogP contribution in [0.1, 0.15) is 64.7 Å². The van der Waals surface area contributed by atoms with Gasteiger partial charge in [-0.25, -0.2) is 0 Å². The molecule has 0 aliphatic carbocycles. The van der Waals surface area contributed by atoms with E-state index in [0.717, 1.165) is 12.8 Å². The highest BCUT2D eigenvalue weighted by molar-refractivity contribution is 6.29. The van der Waals surface area contributed by atoms with E-state index in [1.54, 1.807) is 0 Å². The number of rotatable bonds is 10. The molecule has 1 atom stereocenters. The maximum atomic E-state index is 10.4. The molecule has 0 unspecified atom stereocenters. The van der Waals surface area contributed by atoms with Gasteiger partial charge in [-0.15, -0.1) is 11.6 Å². The minimum absolute atomic E-state index is 0.603. The van der Waals surface area contributed by atoms with Crippen molar-refractivity contribution in [2.45, 2.75) is 70.1 Å². The summed E-state index contributed by atoms with van der Waals surface area (Å²) in [6, 6.07) is 0. The van der Waals surface area contributed by atoms with Gasteiger partial charge in [-0.1, -0.05) is 58.3 Å². The third-order valence-corrected chi connectivity index (χ3v) is 2.98. The Morgan fingerprint density at radius 3 is 2.00 bits per heavy atom. The molecule has 0 saturated heterocycles. The van der Waals surface area contributed by atoms with Crippen LogP contribution in [0.2, 0.25) is 0 Å². The van der Waals surface area contributed by atoms with Crippen LogP contribution in [-0.4, -0.2) is 16.5 Å². The zero-order chi connectivity index (χ0) is 11.5. The summed E-state index contributed by atoms with van der Waals surface area (Å²) in [5, 5.41) is 7.86. The van der Waals surface area contributed by atoms with Gasteiger partial charge in [0, 0.05) is 0 Å². The highest BCUT2D eigenvalue weighted by Crippen LogP contribution is 2.12. The van der Waals surface area contributed by atoms with Crippen LogP contribution < -0.4 is 0 Å². The van der Waals surface area contributed by atoms with Gasteiger partial charge in [-0.2, -0.15) is 0 Å². The Balaban J connectivity index is 3.08. The second-order valence-electron chi connectivity index (χ2n) is 4.07. The van der Waals surface area contributed by atoms with E-state index in [9.17, 15) is 4.79 Å². The molecular formula is C12H23ClO2. The topological polar surface area (TPSA) is 37.3 Å². The third kappa shape index (κ3) is 10.1. The number of carboxylic acids is 1. The molecule has 2 nitrogen and oxygen atoms in total. The predicted molar refractivity (Wildman–Crippen MR) is 64.5 cm³/mol. The number of unbranched alkanes of at least 4 members (excludes halogenated alkanes) is 7. The summed E-state index contributed by atoms with van der Waals surface area (Å²) in [4.78, 5) is 10.4. The van der Waals surface area contributed by atoms with Crippen LogP contribution in [-0.2, 0) is 4.79 Å². The summed E-state index contributed by atoms with van der Waals surface area (Å²) >= 11 is 5.60. The minimum Gasteiger partial charge on any atom is -0.480 e. The molecule has 1 N–H and O–H groups in total. The highest BCUT2D eigenvalue weighted by atomic mass is 35.5. The van der Waals surface area contributed by atoms with E-state index < -0.39 is 11.3 Å². The summed E-state index contributed by atoms with van der Waals surface area (Å²) in [5.41, 5.74) is 0. The lowest BCUT2D eigenvalue weighted by molar-refractivity contribution is -0.136. The van der Waals surface area contributed by atoms with Crippen molar-refractivity contribution < 1.29 is 9.90 Å². The maximum Gasteiger partial charge on any atom is 0.321 e. The largest absolute Gasteiger partial charge is 0.480 e. The third-order valence-electron chi connectivity index (χ3n) is 2.58. The Labute approximate surface area is 98.0 Å². The summed E-state index contributed by atoms with van der Waals surface area (Å²) < 4.78 is 0. The second kappa shape index (κ2) is 10.3. The highest BCUT2D eigenvalue weighted by Gasteiger charge is 2.11. The van der Waals surface area contributed by atoms with Crippen molar-refractivity contribution in [2.75, 3.05) is 0 Å². The molecule has 0 aliphatic heterocycles. The molecule has 0 saturated carbocycles. The molecule has 0 aromatic rings. The van der Waals surface area contributed by atoms with Crippen molar-refractivity contribution in [2.24, 2.45) is 0 Å². The van der Waals surface area contributed by atoms with E-state index in [2.05, 4.69) is 6.92 Å². The van der Waals surface area contributed by atoms with Gasteiger partial charge in [-0.3, -0.25) is 4.79 Å². The Hall–Kier alpha value is -0.240. The van der Waals surface area contributed by atoms with Crippen LogP contribution in [0.15, 0.2) is 0 Å². The zero-order valence-electron chi connectivity index (χ0n) is 9.67. The molecule has 0 radical (unpaired) electrons. The standard InChI is InChI=1S/C12H23ClO2/c1-2-3-4-5-6-7-8-9-10-11(13)12(14)15/h11H,2-10H2,1H3,(H,14,15)/t11-/m0/s1. The zero-order valence-corrected chi connectivity index (χ0v) is 10.4. The molecule has 0 bridgehead atoms. The molecule has 90 valence electrons. The van der Waals surface area contributed by atoms with Crippen LogP contribution in [0.4, 0.5) is 0 Å². The van der Waals surface area contributed by atoms with Crippen LogP contribution in [0.3, 0.4) is 0 Å². The van der Waals surface area contributed by atoms with Gasteiger partial charge < -0.3 is 5.11 Å². The fraction of sp³-hybridized carbons (Fsp3) is 0.917. The molecule has 0 aromatic heterocycles. The lowest BCUT2D eigenvalue weighted by Crippen LogP contribution is -2.12. The molecule has 0 rings (SSSR count). The molecule has 0 aliphatic rings. The van der Waals surface area contributed by atoms with E-state index in [0.29, 0.717) is 6.42 Å². The Morgan fingerprint density at radius 1 is 1.07 bits per heavy atom. The van der Waals surface area contributed by atoms with E-state index in [4.69, 9.17) is 16.7 Å². The Morgan fingerprint density at radius 2 is 1.53 bits per heavy atom.